The van der Waals surface area contributed by atoms with Gasteiger partial charge >= 0.3 is 0 Å². The van der Waals surface area contributed by atoms with E-state index in [1.807, 2.05) is 0 Å². The Balaban J connectivity index is 2.17. The van der Waals surface area contributed by atoms with Gasteiger partial charge in [0.15, 0.2) is 0 Å². The predicted octanol–water partition coefficient (Wildman–Crippen LogP) is 3.15. The molecular weight excluding hydrogens is 316 g/mol. The number of halogens is 1. The van der Waals surface area contributed by atoms with Crippen molar-refractivity contribution in [2.45, 2.75) is 45.9 Å². The molecule has 0 bridgehead atoms. The number of piperidine rings is 1. The molecular formula is C16H25BrN2O. The van der Waals surface area contributed by atoms with Crippen LogP contribution in [0.2, 0.25) is 0 Å². The molecule has 3 nitrogen and oxygen atoms in total. The second-order valence-corrected chi connectivity index (χ2v) is 7.00. The molecule has 20 heavy (non-hydrogen) atoms. The van der Waals surface area contributed by atoms with Crippen LogP contribution in [0, 0.1) is 5.92 Å². The number of aliphatic hydroxyl groups excluding tert-OH is 1. The monoisotopic (exact) mass is 340 g/mol. The molecule has 1 aliphatic heterocycles. The number of β-amino-alcohol motifs (C(OH)–C–C–N with tert-alkyl or cyclic N) is 1. The Morgan fingerprint density at radius 2 is 2.20 bits per heavy atom. The van der Waals surface area contributed by atoms with Gasteiger partial charge in [-0.3, -0.25) is 0 Å². The zero-order chi connectivity index (χ0) is 14.7. The Kier molecular flexibility index (Phi) is 5.47. The predicted molar refractivity (Wildman–Crippen MR) is 88.1 cm³/mol. The topological polar surface area (TPSA) is 35.5 Å². The van der Waals surface area contributed by atoms with Crippen molar-refractivity contribution >= 4 is 21.6 Å². The van der Waals surface area contributed by atoms with E-state index >= 15 is 0 Å². The minimum atomic E-state index is -0.224. The molecule has 2 rings (SSSR count). The summed E-state index contributed by atoms with van der Waals surface area (Å²) in [7, 11) is 0. The number of aliphatic hydroxyl groups is 1. The van der Waals surface area contributed by atoms with Gasteiger partial charge in [0.2, 0.25) is 0 Å². The SMILES string of the molecule is CC(C)NCc1cc(Br)ccc1N1CCC(C)C(O)C1. The molecule has 112 valence electrons. The highest BCUT2D eigenvalue weighted by Gasteiger charge is 2.25. The van der Waals surface area contributed by atoms with Gasteiger partial charge in [0.1, 0.15) is 0 Å². The van der Waals surface area contributed by atoms with E-state index in [0.29, 0.717) is 12.0 Å². The van der Waals surface area contributed by atoms with Crippen LogP contribution in [-0.4, -0.2) is 30.3 Å². The van der Waals surface area contributed by atoms with Gasteiger partial charge in [0.05, 0.1) is 6.10 Å². The first-order chi connectivity index (χ1) is 9.47. The first-order valence-corrected chi connectivity index (χ1v) is 8.21. The van der Waals surface area contributed by atoms with Crippen LogP contribution in [-0.2, 0) is 6.54 Å². The van der Waals surface area contributed by atoms with E-state index in [-0.39, 0.29) is 6.10 Å². The van der Waals surface area contributed by atoms with Crippen LogP contribution in [0.25, 0.3) is 0 Å². The smallest absolute Gasteiger partial charge is 0.0741 e. The molecule has 0 aromatic heterocycles. The summed E-state index contributed by atoms with van der Waals surface area (Å²) < 4.78 is 1.10. The Labute approximate surface area is 130 Å². The molecule has 2 N–H and O–H groups in total. The van der Waals surface area contributed by atoms with Crippen LogP contribution >= 0.6 is 15.9 Å². The summed E-state index contributed by atoms with van der Waals surface area (Å²) in [5.74, 6) is 0.402. The summed E-state index contributed by atoms with van der Waals surface area (Å²) in [6, 6.07) is 6.88. The van der Waals surface area contributed by atoms with Gasteiger partial charge in [-0.25, -0.2) is 0 Å². The highest BCUT2D eigenvalue weighted by molar-refractivity contribution is 9.10. The average molecular weight is 341 g/mol. The molecule has 0 radical (unpaired) electrons. The zero-order valence-corrected chi connectivity index (χ0v) is 14.2. The molecule has 0 saturated carbocycles. The van der Waals surface area contributed by atoms with Gasteiger partial charge in [0, 0.05) is 35.8 Å². The highest BCUT2D eigenvalue weighted by Crippen LogP contribution is 2.28. The van der Waals surface area contributed by atoms with E-state index in [4.69, 9.17) is 0 Å². The van der Waals surface area contributed by atoms with Crippen LogP contribution in [0.3, 0.4) is 0 Å². The first-order valence-electron chi connectivity index (χ1n) is 7.42. The number of hydrogen-bond donors (Lipinski definition) is 2. The molecule has 1 aromatic rings. The molecule has 0 spiro atoms. The lowest BCUT2D eigenvalue weighted by Crippen LogP contribution is -2.43. The second-order valence-electron chi connectivity index (χ2n) is 6.09. The van der Waals surface area contributed by atoms with Crippen molar-refractivity contribution in [1.29, 1.82) is 0 Å². The largest absolute Gasteiger partial charge is 0.391 e. The number of anilines is 1. The van der Waals surface area contributed by atoms with Crippen molar-refractivity contribution in [2.24, 2.45) is 5.92 Å². The summed E-state index contributed by atoms with van der Waals surface area (Å²) in [5, 5.41) is 13.6. The van der Waals surface area contributed by atoms with Crippen molar-refractivity contribution in [2.75, 3.05) is 18.0 Å². The Morgan fingerprint density at radius 1 is 1.45 bits per heavy atom. The molecule has 2 unspecified atom stereocenters. The first kappa shape index (κ1) is 15.8. The van der Waals surface area contributed by atoms with Crippen molar-refractivity contribution in [3.05, 3.63) is 28.2 Å². The molecule has 1 aliphatic rings. The lowest BCUT2D eigenvalue weighted by atomic mass is 9.95. The van der Waals surface area contributed by atoms with Gasteiger partial charge < -0.3 is 15.3 Å². The van der Waals surface area contributed by atoms with E-state index in [9.17, 15) is 5.11 Å². The molecule has 2 atom stereocenters. The zero-order valence-electron chi connectivity index (χ0n) is 12.6. The molecule has 0 aliphatic carbocycles. The van der Waals surface area contributed by atoms with E-state index in [1.165, 1.54) is 11.3 Å². The summed E-state index contributed by atoms with van der Waals surface area (Å²) in [6.45, 7) is 9.05. The second kappa shape index (κ2) is 6.92. The standard InChI is InChI=1S/C16H25BrN2O/c1-11(2)18-9-13-8-14(17)4-5-15(13)19-7-6-12(3)16(20)10-19/h4-5,8,11-12,16,18,20H,6-7,9-10H2,1-3H3. The van der Waals surface area contributed by atoms with Gasteiger partial charge in [-0.05, 0) is 36.1 Å². The van der Waals surface area contributed by atoms with E-state index in [0.717, 1.165) is 30.5 Å². The summed E-state index contributed by atoms with van der Waals surface area (Å²) in [4.78, 5) is 2.31. The molecule has 4 heteroatoms. The summed E-state index contributed by atoms with van der Waals surface area (Å²) in [5.41, 5.74) is 2.53. The number of nitrogens with zero attached hydrogens (tertiary/aromatic N) is 1. The molecule has 0 amide bonds. The highest BCUT2D eigenvalue weighted by atomic mass is 79.9. The third-order valence-corrected chi connectivity index (χ3v) is 4.49. The maximum absolute atomic E-state index is 10.1. The third kappa shape index (κ3) is 3.96. The molecule has 1 saturated heterocycles. The summed E-state index contributed by atoms with van der Waals surface area (Å²) in [6.07, 6.45) is 0.826. The number of nitrogens with one attached hydrogen (secondary N) is 1. The van der Waals surface area contributed by atoms with Crippen molar-refractivity contribution in [3.8, 4) is 0 Å². The van der Waals surface area contributed by atoms with E-state index < -0.39 is 0 Å². The number of rotatable bonds is 4. The number of benzene rings is 1. The minimum absolute atomic E-state index is 0.224. The minimum Gasteiger partial charge on any atom is -0.391 e. The van der Waals surface area contributed by atoms with Gasteiger partial charge in [0.25, 0.3) is 0 Å². The molecule has 1 heterocycles. The van der Waals surface area contributed by atoms with Crippen molar-refractivity contribution in [1.82, 2.24) is 5.32 Å². The van der Waals surface area contributed by atoms with Crippen LogP contribution in [0.5, 0.6) is 0 Å². The van der Waals surface area contributed by atoms with Crippen LogP contribution in [0.1, 0.15) is 32.8 Å². The number of hydrogen-bond acceptors (Lipinski definition) is 3. The quantitative estimate of drug-likeness (QED) is 0.883. The average Bonchev–Trinajstić information content (AvgIpc) is 2.40. The van der Waals surface area contributed by atoms with Gasteiger partial charge in [-0.1, -0.05) is 36.7 Å². The lowest BCUT2D eigenvalue weighted by molar-refractivity contribution is 0.103. The summed E-state index contributed by atoms with van der Waals surface area (Å²) >= 11 is 3.55. The Morgan fingerprint density at radius 3 is 2.85 bits per heavy atom. The van der Waals surface area contributed by atoms with Crippen LogP contribution in [0.15, 0.2) is 22.7 Å². The normalized spacial score (nSPS) is 23.4. The van der Waals surface area contributed by atoms with Crippen molar-refractivity contribution in [3.63, 3.8) is 0 Å². The van der Waals surface area contributed by atoms with E-state index in [1.54, 1.807) is 0 Å². The maximum atomic E-state index is 10.1. The Hall–Kier alpha value is -0.580. The Bertz CT molecular complexity index is 450. The lowest BCUT2D eigenvalue weighted by Gasteiger charge is -2.37. The fourth-order valence-electron chi connectivity index (χ4n) is 2.59. The maximum Gasteiger partial charge on any atom is 0.0741 e. The van der Waals surface area contributed by atoms with E-state index in [2.05, 4.69) is 65.1 Å². The van der Waals surface area contributed by atoms with Crippen LogP contribution in [0.4, 0.5) is 5.69 Å². The van der Waals surface area contributed by atoms with Crippen LogP contribution < -0.4 is 10.2 Å². The van der Waals surface area contributed by atoms with Gasteiger partial charge in [-0.15, -0.1) is 0 Å². The fraction of sp³-hybridized carbons (Fsp3) is 0.625. The third-order valence-electron chi connectivity index (χ3n) is 4.00. The van der Waals surface area contributed by atoms with Crippen molar-refractivity contribution < 1.29 is 5.11 Å². The molecule has 1 fully saturated rings. The molecule has 1 aromatic carbocycles. The fourth-order valence-corrected chi connectivity index (χ4v) is 2.99. The van der Waals surface area contributed by atoms with Gasteiger partial charge in [-0.2, -0.15) is 0 Å².